The van der Waals surface area contributed by atoms with Gasteiger partial charge >= 0.3 is 5.97 Å². The molecule has 0 bridgehead atoms. The van der Waals surface area contributed by atoms with Gasteiger partial charge in [0.25, 0.3) is 0 Å². The molecule has 0 aliphatic heterocycles. The molecule has 0 aromatic rings. The van der Waals surface area contributed by atoms with E-state index in [0.717, 1.165) is 0 Å². The highest BCUT2D eigenvalue weighted by molar-refractivity contribution is 6.11. The lowest BCUT2D eigenvalue weighted by Crippen LogP contribution is -2.44. The minimum Gasteiger partial charge on any atom is -0.507 e. The molecular weight excluding hydrogens is 236 g/mol. The molecule has 0 aromatic carbocycles. The van der Waals surface area contributed by atoms with E-state index in [9.17, 15) is 19.5 Å². The highest BCUT2D eigenvalue weighted by atomic mass is 16.6. The maximum atomic E-state index is 12.1. The molecule has 0 saturated heterocycles. The van der Waals surface area contributed by atoms with Gasteiger partial charge in [0.2, 0.25) is 5.78 Å². The van der Waals surface area contributed by atoms with Crippen LogP contribution in [0.3, 0.4) is 0 Å². The quantitative estimate of drug-likeness (QED) is 0.772. The lowest BCUT2D eigenvalue weighted by Gasteiger charge is -2.31. The average molecular weight is 252 g/mol. The Morgan fingerprint density at radius 2 is 1.94 bits per heavy atom. The molecule has 1 atom stereocenters. The molecule has 5 heteroatoms. The fourth-order valence-corrected chi connectivity index (χ4v) is 1.93. The summed E-state index contributed by atoms with van der Waals surface area (Å²) in [5.41, 5.74) is -1.44. The number of rotatable bonds is 3. The highest BCUT2D eigenvalue weighted by Gasteiger charge is 2.44. The van der Waals surface area contributed by atoms with E-state index >= 15 is 0 Å². The maximum absolute atomic E-state index is 12.1. The SMILES string of the molecule is CC[C@]1(OC(C)=O)C=C(C(C)=O)C(O)=C(C)C1=O. The fraction of sp³-hybridized carbons (Fsp3) is 0.462. The van der Waals surface area contributed by atoms with E-state index < -0.39 is 17.4 Å². The van der Waals surface area contributed by atoms with Crippen molar-refractivity contribution in [1.82, 2.24) is 0 Å². The molecule has 0 aromatic heterocycles. The standard InChI is InChI=1S/C13H16O5/c1-5-13(18-9(4)15)6-10(8(3)14)11(16)7(2)12(13)17/h6,16H,5H2,1-4H3/t13-/m0/s1. The number of Topliss-reactive ketones (excluding diaryl/α,β-unsaturated/α-hetero) is 2. The first-order valence-corrected chi connectivity index (χ1v) is 5.63. The summed E-state index contributed by atoms with van der Waals surface area (Å²) in [4.78, 5) is 34.7. The Bertz CT molecular complexity index is 484. The second kappa shape index (κ2) is 4.76. The molecule has 0 fully saturated rings. The summed E-state index contributed by atoms with van der Waals surface area (Å²) in [6.45, 7) is 5.55. The third kappa shape index (κ3) is 2.20. The molecule has 0 heterocycles. The summed E-state index contributed by atoms with van der Waals surface area (Å²) in [6, 6.07) is 0. The van der Waals surface area contributed by atoms with E-state index in [1.807, 2.05) is 0 Å². The van der Waals surface area contributed by atoms with Gasteiger partial charge in [-0.1, -0.05) is 6.92 Å². The van der Waals surface area contributed by atoms with Crippen LogP contribution < -0.4 is 0 Å². The van der Waals surface area contributed by atoms with Gasteiger partial charge in [-0.25, -0.2) is 0 Å². The summed E-state index contributed by atoms with van der Waals surface area (Å²) < 4.78 is 5.08. The van der Waals surface area contributed by atoms with Crippen LogP contribution >= 0.6 is 0 Å². The van der Waals surface area contributed by atoms with Crippen LogP contribution in [0.25, 0.3) is 0 Å². The largest absolute Gasteiger partial charge is 0.507 e. The number of allylic oxidation sites excluding steroid dienone is 1. The van der Waals surface area contributed by atoms with E-state index in [-0.39, 0.29) is 29.1 Å². The lowest BCUT2D eigenvalue weighted by molar-refractivity contribution is -0.159. The summed E-state index contributed by atoms with van der Waals surface area (Å²) in [5.74, 6) is -1.84. The Morgan fingerprint density at radius 3 is 2.33 bits per heavy atom. The Kier molecular flexibility index (Phi) is 3.74. The second-order valence-electron chi connectivity index (χ2n) is 4.25. The number of hydrogen-bond acceptors (Lipinski definition) is 5. The van der Waals surface area contributed by atoms with Crippen molar-refractivity contribution >= 4 is 17.5 Å². The minimum atomic E-state index is -1.48. The van der Waals surface area contributed by atoms with Gasteiger partial charge in [0, 0.05) is 12.5 Å². The number of aliphatic hydroxyl groups is 1. The smallest absolute Gasteiger partial charge is 0.303 e. The third-order valence-electron chi connectivity index (χ3n) is 2.94. The van der Waals surface area contributed by atoms with E-state index in [1.54, 1.807) is 6.92 Å². The number of ketones is 2. The first-order chi connectivity index (χ1) is 8.25. The van der Waals surface area contributed by atoms with Crippen LogP contribution in [0.1, 0.15) is 34.1 Å². The zero-order valence-electron chi connectivity index (χ0n) is 10.9. The summed E-state index contributed by atoms with van der Waals surface area (Å²) in [7, 11) is 0. The van der Waals surface area contributed by atoms with Gasteiger partial charge in [0.05, 0.1) is 5.57 Å². The van der Waals surface area contributed by atoms with Crippen LogP contribution in [0.5, 0.6) is 0 Å². The van der Waals surface area contributed by atoms with Gasteiger partial charge in [-0.15, -0.1) is 0 Å². The number of carbonyl (C=O) groups excluding carboxylic acids is 3. The molecule has 1 aliphatic carbocycles. The summed E-state index contributed by atoms with van der Waals surface area (Å²) in [6.07, 6.45) is 1.44. The molecule has 18 heavy (non-hydrogen) atoms. The Balaban J connectivity index is 3.42. The monoisotopic (exact) mass is 252 g/mol. The Morgan fingerprint density at radius 1 is 1.39 bits per heavy atom. The van der Waals surface area contributed by atoms with Crippen LogP contribution in [-0.4, -0.2) is 28.2 Å². The van der Waals surface area contributed by atoms with Crippen molar-refractivity contribution in [3.8, 4) is 0 Å². The zero-order chi connectivity index (χ0) is 14.1. The molecule has 0 unspecified atom stereocenters. The van der Waals surface area contributed by atoms with Crippen molar-refractivity contribution in [3.05, 3.63) is 23.0 Å². The molecule has 0 spiro atoms. The number of ether oxygens (including phenoxy) is 1. The molecule has 1 rings (SSSR count). The first kappa shape index (κ1) is 14.2. The number of carbonyl (C=O) groups is 3. The topological polar surface area (TPSA) is 80.7 Å². The van der Waals surface area contributed by atoms with Crippen molar-refractivity contribution in [2.45, 2.75) is 39.7 Å². The van der Waals surface area contributed by atoms with Gasteiger partial charge in [0.15, 0.2) is 11.4 Å². The molecule has 98 valence electrons. The number of hydrogen-bond donors (Lipinski definition) is 1. The van der Waals surface area contributed by atoms with Crippen LogP contribution in [0.15, 0.2) is 23.0 Å². The number of esters is 1. The van der Waals surface area contributed by atoms with E-state index in [1.165, 1.54) is 26.8 Å². The lowest BCUT2D eigenvalue weighted by atomic mass is 9.81. The van der Waals surface area contributed by atoms with Crippen molar-refractivity contribution in [1.29, 1.82) is 0 Å². The van der Waals surface area contributed by atoms with E-state index in [4.69, 9.17) is 4.74 Å². The first-order valence-electron chi connectivity index (χ1n) is 5.63. The summed E-state index contributed by atoms with van der Waals surface area (Å²) >= 11 is 0. The summed E-state index contributed by atoms with van der Waals surface area (Å²) in [5, 5.41) is 9.77. The predicted octanol–water partition coefficient (Wildman–Crippen LogP) is 1.63. The van der Waals surface area contributed by atoms with E-state index in [2.05, 4.69) is 0 Å². The predicted molar refractivity (Wildman–Crippen MR) is 63.9 cm³/mol. The zero-order valence-corrected chi connectivity index (χ0v) is 10.9. The van der Waals surface area contributed by atoms with Gasteiger partial charge in [-0.2, -0.15) is 0 Å². The van der Waals surface area contributed by atoms with Crippen molar-refractivity contribution in [2.24, 2.45) is 0 Å². The average Bonchev–Trinajstić information content (AvgIpc) is 2.29. The minimum absolute atomic E-state index is 0.00944. The highest BCUT2D eigenvalue weighted by Crippen LogP contribution is 2.33. The third-order valence-corrected chi connectivity index (χ3v) is 2.94. The molecule has 1 N–H and O–H groups in total. The normalized spacial score (nSPS) is 23.8. The maximum Gasteiger partial charge on any atom is 0.303 e. The van der Waals surface area contributed by atoms with Crippen LogP contribution in [-0.2, 0) is 19.1 Å². The van der Waals surface area contributed by atoms with Gasteiger partial charge in [-0.05, 0) is 26.3 Å². The second-order valence-corrected chi connectivity index (χ2v) is 4.25. The molecule has 0 saturated carbocycles. The molecule has 0 radical (unpaired) electrons. The molecular formula is C13H16O5. The van der Waals surface area contributed by atoms with Crippen molar-refractivity contribution in [3.63, 3.8) is 0 Å². The molecule has 1 aliphatic rings. The van der Waals surface area contributed by atoms with E-state index in [0.29, 0.717) is 0 Å². The van der Waals surface area contributed by atoms with Crippen LogP contribution in [0.2, 0.25) is 0 Å². The van der Waals surface area contributed by atoms with Crippen molar-refractivity contribution in [2.75, 3.05) is 0 Å². The van der Waals surface area contributed by atoms with Gasteiger partial charge in [-0.3, -0.25) is 14.4 Å². The number of aliphatic hydroxyl groups excluding tert-OH is 1. The van der Waals surface area contributed by atoms with Crippen LogP contribution in [0, 0.1) is 0 Å². The van der Waals surface area contributed by atoms with Gasteiger partial charge < -0.3 is 9.84 Å². The Hall–Kier alpha value is -1.91. The fourth-order valence-electron chi connectivity index (χ4n) is 1.93. The molecule has 5 nitrogen and oxygen atoms in total. The van der Waals surface area contributed by atoms with Crippen molar-refractivity contribution < 1.29 is 24.2 Å². The Labute approximate surface area is 105 Å². The van der Waals surface area contributed by atoms with Crippen LogP contribution in [0.4, 0.5) is 0 Å². The van der Waals surface area contributed by atoms with Gasteiger partial charge in [0.1, 0.15) is 5.76 Å². The molecule has 0 amide bonds.